The van der Waals surface area contributed by atoms with Crippen molar-refractivity contribution in [2.45, 2.75) is 19.9 Å². The summed E-state index contributed by atoms with van der Waals surface area (Å²) >= 11 is 0. The molecule has 0 radical (unpaired) electrons. The van der Waals surface area contributed by atoms with Gasteiger partial charge in [0.2, 0.25) is 0 Å². The number of hydrogen-bond acceptors (Lipinski definition) is 4. The molecule has 2 N–H and O–H groups in total. The number of rotatable bonds is 8. The molecule has 0 saturated carbocycles. The van der Waals surface area contributed by atoms with E-state index in [9.17, 15) is 9.59 Å². The number of carbonyl (C=O) groups excluding carboxylic acids is 2. The Kier molecular flexibility index (Phi) is 6.46. The van der Waals surface area contributed by atoms with E-state index in [0.29, 0.717) is 35.7 Å². The topological polar surface area (TPSA) is 80.6 Å². The maximum atomic E-state index is 12.4. The molecule has 0 atom stereocenters. The molecule has 0 bridgehead atoms. The van der Waals surface area contributed by atoms with Gasteiger partial charge in [-0.2, -0.15) is 0 Å². The standard InChI is InChI=1S/C22H22N2O4/c1-2-13-27-19-11-7-17(8-12-19)22(26)24-18-9-5-16(6-10-18)21(25)23-15-20-4-3-14-28-20/h3-12,14H,2,13,15H2,1H3,(H,23,25)(H,24,26). The van der Waals surface area contributed by atoms with Crippen molar-refractivity contribution in [1.82, 2.24) is 5.32 Å². The Balaban J connectivity index is 1.54. The van der Waals surface area contributed by atoms with Gasteiger partial charge in [0, 0.05) is 16.8 Å². The molecule has 6 heteroatoms. The second-order valence-electron chi connectivity index (χ2n) is 6.17. The Morgan fingerprint density at radius 3 is 2.25 bits per heavy atom. The Hall–Kier alpha value is -3.54. The van der Waals surface area contributed by atoms with Crippen LogP contribution >= 0.6 is 0 Å². The number of ether oxygens (including phenoxy) is 1. The summed E-state index contributed by atoms with van der Waals surface area (Å²) in [6.45, 7) is 3.01. The van der Waals surface area contributed by atoms with Crippen molar-refractivity contribution in [3.8, 4) is 5.75 Å². The van der Waals surface area contributed by atoms with E-state index in [4.69, 9.17) is 9.15 Å². The quantitative estimate of drug-likeness (QED) is 0.614. The molecular formula is C22H22N2O4. The minimum atomic E-state index is -0.225. The third kappa shape index (κ3) is 5.23. The lowest BCUT2D eigenvalue weighted by atomic mass is 10.1. The lowest BCUT2D eigenvalue weighted by Crippen LogP contribution is -2.22. The van der Waals surface area contributed by atoms with Crippen LogP contribution in [-0.2, 0) is 6.54 Å². The van der Waals surface area contributed by atoms with Crippen LogP contribution < -0.4 is 15.4 Å². The average Bonchev–Trinajstić information content (AvgIpc) is 3.25. The number of hydrogen-bond donors (Lipinski definition) is 2. The third-order valence-corrected chi connectivity index (χ3v) is 4.00. The van der Waals surface area contributed by atoms with Crippen LogP contribution in [0.3, 0.4) is 0 Å². The van der Waals surface area contributed by atoms with E-state index < -0.39 is 0 Å². The number of amides is 2. The van der Waals surface area contributed by atoms with Crippen LogP contribution in [0.15, 0.2) is 71.3 Å². The highest BCUT2D eigenvalue weighted by atomic mass is 16.5. The Bertz CT molecular complexity index is 901. The van der Waals surface area contributed by atoms with Gasteiger partial charge in [-0.05, 0) is 67.1 Å². The van der Waals surface area contributed by atoms with E-state index in [0.717, 1.165) is 12.2 Å². The molecule has 0 spiro atoms. The summed E-state index contributed by atoms with van der Waals surface area (Å²) in [5.41, 5.74) is 1.64. The fourth-order valence-electron chi connectivity index (χ4n) is 2.51. The third-order valence-electron chi connectivity index (χ3n) is 4.00. The molecule has 1 heterocycles. The highest BCUT2D eigenvalue weighted by Gasteiger charge is 2.09. The fraction of sp³-hybridized carbons (Fsp3) is 0.182. The molecule has 3 aromatic rings. The summed E-state index contributed by atoms with van der Waals surface area (Å²) < 4.78 is 10.7. The molecule has 0 fully saturated rings. The van der Waals surface area contributed by atoms with Crippen LogP contribution in [0, 0.1) is 0 Å². The second-order valence-corrected chi connectivity index (χ2v) is 6.17. The van der Waals surface area contributed by atoms with Crippen molar-refractivity contribution >= 4 is 17.5 Å². The summed E-state index contributed by atoms with van der Waals surface area (Å²) in [7, 11) is 0. The summed E-state index contributed by atoms with van der Waals surface area (Å²) in [5, 5.41) is 5.59. The molecule has 28 heavy (non-hydrogen) atoms. The molecule has 3 rings (SSSR count). The van der Waals surface area contributed by atoms with Crippen LogP contribution in [0.2, 0.25) is 0 Å². The van der Waals surface area contributed by atoms with Crippen LogP contribution in [0.1, 0.15) is 39.8 Å². The highest BCUT2D eigenvalue weighted by molar-refractivity contribution is 6.04. The van der Waals surface area contributed by atoms with Gasteiger partial charge in [0.1, 0.15) is 11.5 Å². The monoisotopic (exact) mass is 378 g/mol. The summed E-state index contributed by atoms with van der Waals surface area (Å²) in [5.74, 6) is 0.987. The van der Waals surface area contributed by atoms with Gasteiger partial charge < -0.3 is 19.8 Å². The molecular weight excluding hydrogens is 356 g/mol. The van der Waals surface area contributed by atoms with E-state index in [-0.39, 0.29) is 11.8 Å². The molecule has 0 aliphatic rings. The minimum absolute atomic E-state index is 0.211. The van der Waals surface area contributed by atoms with Crippen molar-refractivity contribution in [2.24, 2.45) is 0 Å². The lowest BCUT2D eigenvalue weighted by molar-refractivity contribution is 0.0947. The largest absolute Gasteiger partial charge is 0.494 e. The number of furan rings is 1. The molecule has 0 saturated heterocycles. The van der Waals surface area contributed by atoms with Crippen molar-refractivity contribution in [2.75, 3.05) is 11.9 Å². The van der Waals surface area contributed by atoms with Crippen LogP contribution in [0.5, 0.6) is 5.75 Å². The first-order valence-corrected chi connectivity index (χ1v) is 9.10. The summed E-state index contributed by atoms with van der Waals surface area (Å²) in [4.78, 5) is 24.5. The first-order valence-electron chi connectivity index (χ1n) is 9.10. The van der Waals surface area contributed by atoms with Gasteiger partial charge in [-0.15, -0.1) is 0 Å². The normalized spacial score (nSPS) is 10.3. The predicted molar refractivity (Wildman–Crippen MR) is 107 cm³/mol. The van der Waals surface area contributed by atoms with Gasteiger partial charge in [-0.3, -0.25) is 9.59 Å². The van der Waals surface area contributed by atoms with E-state index in [1.807, 2.05) is 6.92 Å². The van der Waals surface area contributed by atoms with Gasteiger partial charge >= 0.3 is 0 Å². The number of carbonyl (C=O) groups is 2. The first kappa shape index (κ1) is 19.2. The molecule has 0 aliphatic carbocycles. The number of benzene rings is 2. The minimum Gasteiger partial charge on any atom is -0.494 e. The van der Waals surface area contributed by atoms with Crippen LogP contribution in [0.25, 0.3) is 0 Å². The Morgan fingerprint density at radius 2 is 1.61 bits per heavy atom. The molecule has 1 aromatic heterocycles. The highest BCUT2D eigenvalue weighted by Crippen LogP contribution is 2.15. The lowest BCUT2D eigenvalue weighted by Gasteiger charge is -2.08. The molecule has 2 amide bonds. The second kappa shape index (κ2) is 9.41. The van der Waals surface area contributed by atoms with E-state index in [2.05, 4.69) is 10.6 Å². The van der Waals surface area contributed by atoms with E-state index in [1.54, 1.807) is 66.9 Å². The van der Waals surface area contributed by atoms with E-state index >= 15 is 0 Å². The molecule has 6 nitrogen and oxygen atoms in total. The van der Waals surface area contributed by atoms with Crippen LogP contribution in [0.4, 0.5) is 5.69 Å². The van der Waals surface area contributed by atoms with Gasteiger partial charge in [-0.25, -0.2) is 0 Å². The first-order chi connectivity index (χ1) is 13.7. The van der Waals surface area contributed by atoms with Crippen molar-refractivity contribution in [1.29, 1.82) is 0 Å². The van der Waals surface area contributed by atoms with Gasteiger partial charge in [0.05, 0.1) is 19.4 Å². The van der Waals surface area contributed by atoms with Gasteiger partial charge in [0.25, 0.3) is 11.8 Å². The molecule has 0 unspecified atom stereocenters. The van der Waals surface area contributed by atoms with Gasteiger partial charge in [-0.1, -0.05) is 6.92 Å². The Morgan fingerprint density at radius 1 is 0.929 bits per heavy atom. The number of anilines is 1. The maximum absolute atomic E-state index is 12.4. The average molecular weight is 378 g/mol. The van der Waals surface area contributed by atoms with Crippen molar-refractivity contribution < 1.29 is 18.7 Å². The van der Waals surface area contributed by atoms with Gasteiger partial charge in [0.15, 0.2) is 0 Å². The number of nitrogens with one attached hydrogen (secondary N) is 2. The van der Waals surface area contributed by atoms with Crippen LogP contribution in [-0.4, -0.2) is 18.4 Å². The smallest absolute Gasteiger partial charge is 0.255 e. The SMILES string of the molecule is CCCOc1ccc(C(=O)Nc2ccc(C(=O)NCc3ccco3)cc2)cc1. The zero-order valence-corrected chi connectivity index (χ0v) is 15.6. The summed E-state index contributed by atoms with van der Waals surface area (Å²) in [6.07, 6.45) is 2.49. The molecule has 0 aliphatic heterocycles. The zero-order valence-electron chi connectivity index (χ0n) is 15.6. The predicted octanol–water partition coefficient (Wildman–Crippen LogP) is 4.25. The molecule has 144 valence electrons. The maximum Gasteiger partial charge on any atom is 0.255 e. The Labute approximate surface area is 163 Å². The fourth-order valence-corrected chi connectivity index (χ4v) is 2.51. The summed E-state index contributed by atoms with van der Waals surface area (Å²) in [6, 6.07) is 17.3. The van der Waals surface area contributed by atoms with E-state index in [1.165, 1.54) is 0 Å². The van der Waals surface area contributed by atoms with Crippen molar-refractivity contribution in [3.63, 3.8) is 0 Å². The molecule has 2 aromatic carbocycles. The zero-order chi connectivity index (χ0) is 19.8. The van der Waals surface area contributed by atoms with Crippen molar-refractivity contribution in [3.05, 3.63) is 83.8 Å².